The van der Waals surface area contributed by atoms with Gasteiger partial charge in [0.15, 0.2) is 0 Å². The zero-order valence-electron chi connectivity index (χ0n) is 10.4. The molecular weight excluding hydrogens is 272 g/mol. The summed E-state index contributed by atoms with van der Waals surface area (Å²) in [7, 11) is 0. The average molecular weight is 288 g/mol. The summed E-state index contributed by atoms with van der Waals surface area (Å²) in [6, 6.07) is 0. The maximum absolute atomic E-state index is 11.9. The molecule has 2 N–H and O–H groups in total. The Morgan fingerprint density at radius 1 is 1.42 bits per heavy atom. The SMILES string of the molecule is O=C(CN1CSCC1=O)NC1(C(=O)O)CCOCC1. The Bertz CT molecular complexity index is 395. The van der Waals surface area contributed by atoms with Crippen LogP contribution in [0.25, 0.3) is 0 Å². The Kier molecular flexibility index (Phi) is 4.31. The lowest BCUT2D eigenvalue weighted by Gasteiger charge is -2.34. The number of aliphatic carboxylic acids is 1. The number of nitrogens with zero attached hydrogens (tertiary/aromatic N) is 1. The molecule has 0 radical (unpaired) electrons. The third-order valence-electron chi connectivity index (χ3n) is 3.29. The molecule has 0 saturated carbocycles. The fourth-order valence-electron chi connectivity index (χ4n) is 2.13. The maximum atomic E-state index is 11.9. The van der Waals surface area contributed by atoms with Crippen molar-refractivity contribution in [1.82, 2.24) is 10.2 Å². The van der Waals surface area contributed by atoms with Crippen LogP contribution in [-0.4, -0.2) is 64.7 Å². The molecular formula is C11H16N2O5S. The Morgan fingerprint density at radius 2 is 2.11 bits per heavy atom. The first-order chi connectivity index (χ1) is 9.03. The van der Waals surface area contributed by atoms with Crippen molar-refractivity contribution in [2.24, 2.45) is 0 Å². The molecule has 2 amide bonds. The van der Waals surface area contributed by atoms with Gasteiger partial charge in [0.2, 0.25) is 11.8 Å². The van der Waals surface area contributed by atoms with E-state index in [9.17, 15) is 19.5 Å². The van der Waals surface area contributed by atoms with E-state index in [1.807, 2.05) is 0 Å². The number of hydrogen-bond acceptors (Lipinski definition) is 5. The molecule has 7 nitrogen and oxygen atoms in total. The summed E-state index contributed by atoms with van der Waals surface area (Å²) in [5, 5.41) is 11.9. The third kappa shape index (κ3) is 3.19. The van der Waals surface area contributed by atoms with Gasteiger partial charge in [-0.2, -0.15) is 0 Å². The molecule has 0 aromatic rings. The Labute approximate surface area is 114 Å². The Morgan fingerprint density at radius 3 is 2.63 bits per heavy atom. The number of rotatable bonds is 4. The van der Waals surface area contributed by atoms with Crippen molar-refractivity contribution in [3.05, 3.63) is 0 Å². The highest BCUT2D eigenvalue weighted by Crippen LogP contribution is 2.21. The van der Waals surface area contributed by atoms with E-state index in [0.29, 0.717) is 24.8 Å². The molecule has 0 bridgehead atoms. The second kappa shape index (κ2) is 5.79. The first-order valence-corrected chi connectivity index (χ1v) is 7.17. The van der Waals surface area contributed by atoms with Crippen LogP contribution < -0.4 is 5.32 Å². The molecule has 0 unspecified atom stereocenters. The van der Waals surface area contributed by atoms with E-state index in [2.05, 4.69) is 5.32 Å². The second-order valence-corrected chi connectivity index (χ2v) is 5.57. The first kappa shape index (κ1) is 14.1. The molecule has 2 saturated heterocycles. The van der Waals surface area contributed by atoms with Gasteiger partial charge in [0, 0.05) is 26.1 Å². The summed E-state index contributed by atoms with van der Waals surface area (Å²) in [6.07, 6.45) is 0.494. The number of carbonyl (C=O) groups excluding carboxylic acids is 2. The Balaban J connectivity index is 1.95. The van der Waals surface area contributed by atoms with Gasteiger partial charge in [-0.25, -0.2) is 4.79 Å². The molecule has 8 heteroatoms. The molecule has 106 valence electrons. The lowest BCUT2D eigenvalue weighted by molar-refractivity contribution is -0.152. The monoisotopic (exact) mass is 288 g/mol. The van der Waals surface area contributed by atoms with Gasteiger partial charge in [0.05, 0.1) is 11.6 Å². The fraction of sp³-hybridized carbons (Fsp3) is 0.727. The number of carboxylic acids is 1. The quantitative estimate of drug-likeness (QED) is 0.708. The number of carboxylic acid groups (broad SMARTS) is 1. The molecule has 0 aromatic heterocycles. The molecule has 2 rings (SSSR count). The van der Waals surface area contributed by atoms with Crippen LogP contribution in [0.1, 0.15) is 12.8 Å². The number of amides is 2. The standard InChI is InChI=1S/C11H16N2O5S/c14-8(5-13-7-19-6-9(13)15)12-11(10(16)17)1-3-18-4-2-11/h1-7H2,(H,12,14)(H,16,17). The van der Waals surface area contributed by atoms with Gasteiger partial charge >= 0.3 is 5.97 Å². The summed E-state index contributed by atoms with van der Waals surface area (Å²) >= 11 is 1.44. The van der Waals surface area contributed by atoms with Crippen molar-refractivity contribution in [2.75, 3.05) is 31.4 Å². The third-order valence-corrected chi connectivity index (χ3v) is 4.24. The summed E-state index contributed by atoms with van der Waals surface area (Å²) in [5.41, 5.74) is -1.26. The average Bonchev–Trinajstić information content (AvgIpc) is 2.76. The molecule has 0 atom stereocenters. The van der Waals surface area contributed by atoms with Crippen molar-refractivity contribution in [2.45, 2.75) is 18.4 Å². The van der Waals surface area contributed by atoms with Crippen molar-refractivity contribution < 1.29 is 24.2 Å². The Hall–Kier alpha value is -1.28. The molecule has 0 spiro atoms. The smallest absolute Gasteiger partial charge is 0.329 e. The largest absolute Gasteiger partial charge is 0.480 e. The minimum Gasteiger partial charge on any atom is -0.480 e. The van der Waals surface area contributed by atoms with E-state index < -0.39 is 17.4 Å². The molecule has 2 aliphatic heterocycles. The van der Waals surface area contributed by atoms with E-state index in [-0.39, 0.29) is 25.3 Å². The zero-order valence-corrected chi connectivity index (χ0v) is 11.2. The number of ether oxygens (including phenoxy) is 1. The summed E-state index contributed by atoms with van der Waals surface area (Å²) in [5.74, 6) is -0.705. The van der Waals surface area contributed by atoms with Gasteiger partial charge in [-0.05, 0) is 0 Å². The van der Waals surface area contributed by atoms with Crippen LogP contribution in [0.5, 0.6) is 0 Å². The van der Waals surface area contributed by atoms with E-state index >= 15 is 0 Å². The van der Waals surface area contributed by atoms with Crippen molar-refractivity contribution in [1.29, 1.82) is 0 Å². The molecule has 2 heterocycles. The fourth-order valence-corrected chi connectivity index (χ4v) is 3.04. The minimum absolute atomic E-state index is 0.0816. The summed E-state index contributed by atoms with van der Waals surface area (Å²) < 4.78 is 5.12. The first-order valence-electron chi connectivity index (χ1n) is 6.01. The highest BCUT2D eigenvalue weighted by Gasteiger charge is 2.42. The predicted octanol–water partition coefficient (Wildman–Crippen LogP) is -0.731. The van der Waals surface area contributed by atoms with E-state index in [1.165, 1.54) is 16.7 Å². The second-order valence-electron chi connectivity index (χ2n) is 4.62. The van der Waals surface area contributed by atoms with Gasteiger partial charge < -0.3 is 20.1 Å². The number of thioether (sulfide) groups is 1. The predicted molar refractivity (Wildman–Crippen MR) is 67.6 cm³/mol. The van der Waals surface area contributed by atoms with Crippen LogP contribution in [0.15, 0.2) is 0 Å². The van der Waals surface area contributed by atoms with Gasteiger partial charge in [-0.1, -0.05) is 0 Å². The van der Waals surface area contributed by atoms with E-state index in [4.69, 9.17) is 4.74 Å². The van der Waals surface area contributed by atoms with Crippen molar-refractivity contribution in [3.63, 3.8) is 0 Å². The highest BCUT2D eigenvalue weighted by atomic mass is 32.2. The van der Waals surface area contributed by atoms with Crippen LogP contribution in [-0.2, 0) is 19.1 Å². The van der Waals surface area contributed by atoms with Crippen LogP contribution in [0.4, 0.5) is 0 Å². The minimum atomic E-state index is -1.26. The van der Waals surface area contributed by atoms with Crippen molar-refractivity contribution >= 4 is 29.5 Å². The van der Waals surface area contributed by atoms with E-state index in [1.54, 1.807) is 0 Å². The molecule has 0 aromatic carbocycles. The zero-order chi connectivity index (χ0) is 13.9. The van der Waals surface area contributed by atoms with Gasteiger partial charge in [0.1, 0.15) is 12.1 Å². The topological polar surface area (TPSA) is 95.9 Å². The lowest BCUT2D eigenvalue weighted by atomic mass is 9.90. The molecule has 2 aliphatic rings. The maximum Gasteiger partial charge on any atom is 0.329 e. The van der Waals surface area contributed by atoms with Crippen LogP contribution in [0.2, 0.25) is 0 Å². The number of hydrogen-bond donors (Lipinski definition) is 2. The number of carbonyl (C=O) groups is 3. The molecule has 2 fully saturated rings. The number of nitrogens with one attached hydrogen (secondary N) is 1. The molecule has 0 aliphatic carbocycles. The van der Waals surface area contributed by atoms with Gasteiger partial charge in [0.25, 0.3) is 0 Å². The van der Waals surface area contributed by atoms with Gasteiger partial charge in [-0.15, -0.1) is 11.8 Å². The van der Waals surface area contributed by atoms with Crippen LogP contribution in [0.3, 0.4) is 0 Å². The summed E-state index contributed by atoms with van der Waals surface area (Å²) in [6.45, 7) is 0.540. The van der Waals surface area contributed by atoms with Crippen molar-refractivity contribution in [3.8, 4) is 0 Å². The van der Waals surface area contributed by atoms with Crippen LogP contribution in [0, 0.1) is 0 Å². The summed E-state index contributed by atoms with van der Waals surface area (Å²) in [4.78, 5) is 36.1. The highest BCUT2D eigenvalue weighted by molar-refractivity contribution is 8.00. The van der Waals surface area contributed by atoms with Gasteiger partial charge in [-0.3, -0.25) is 9.59 Å². The lowest BCUT2D eigenvalue weighted by Crippen LogP contribution is -2.59. The molecule has 19 heavy (non-hydrogen) atoms. The van der Waals surface area contributed by atoms with E-state index in [0.717, 1.165) is 0 Å². The normalized spacial score (nSPS) is 22.3. The van der Waals surface area contributed by atoms with Crippen LogP contribution >= 0.6 is 11.8 Å².